The van der Waals surface area contributed by atoms with Crippen LogP contribution in [0.1, 0.15) is 46.2 Å². The first kappa shape index (κ1) is 26.9. The molecule has 0 spiro atoms. The summed E-state index contributed by atoms with van der Waals surface area (Å²) in [6.07, 6.45) is 2.00. The smallest absolute Gasteiger partial charge is 0.335 e. The molecule has 0 radical (unpaired) electrons. The van der Waals surface area contributed by atoms with E-state index in [0.29, 0.717) is 38.1 Å². The van der Waals surface area contributed by atoms with E-state index in [1.807, 2.05) is 12.1 Å². The lowest BCUT2D eigenvalue weighted by Crippen LogP contribution is -2.33. The zero-order valence-electron chi connectivity index (χ0n) is 23.2. The van der Waals surface area contributed by atoms with Gasteiger partial charge in [0.05, 0.1) is 29.7 Å². The molecule has 0 unspecified atom stereocenters. The minimum Gasteiger partial charge on any atom is -0.478 e. The molecule has 1 aliphatic heterocycles. The normalized spacial score (nSPS) is 14.6. The van der Waals surface area contributed by atoms with Crippen molar-refractivity contribution in [3.63, 3.8) is 0 Å². The number of carboxylic acid groups (broad SMARTS) is 1. The van der Waals surface area contributed by atoms with Gasteiger partial charge in [-0.25, -0.2) is 14.8 Å². The molecular weight excluding hydrogens is 516 g/mol. The Kier molecular flexibility index (Phi) is 7.93. The number of likely N-dealkylation sites (tertiary alicyclic amines) is 1. The second kappa shape index (κ2) is 12.1. The van der Waals surface area contributed by atoms with E-state index < -0.39 is 5.97 Å². The summed E-state index contributed by atoms with van der Waals surface area (Å²) < 4.78 is 13.6. The predicted molar refractivity (Wildman–Crippen MR) is 158 cm³/mol. The topological polar surface area (TPSA) is 89.7 Å². The van der Waals surface area contributed by atoms with E-state index >= 15 is 0 Å². The monoisotopic (exact) mass is 550 g/mol. The summed E-state index contributed by atoms with van der Waals surface area (Å²) in [7, 11) is 1.67. The number of pyridine rings is 1. The first-order valence-electron chi connectivity index (χ1n) is 14.1. The van der Waals surface area contributed by atoms with Crippen LogP contribution in [0.4, 0.5) is 0 Å². The highest BCUT2D eigenvalue weighted by atomic mass is 16.5. The summed E-state index contributed by atoms with van der Waals surface area (Å²) in [6, 6.07) is 25.8. The number of methoxy groups -OCH3 is 1. The molecule has 5 aromatic rings. The van der Waals surface area contributed by atoms with E-state index in [0.717, 1.165) is 54.0 Å². The van der Waals surface area contributed by atoms with Crippen LogP contribution in [-0.4, -0.2) is 57.3 Å². The van der Waals surface area contributed by atoms with E-state index in [1.165, 1.54) is 10.8 Å². The molecule has 0 amide bonds. The van der Waals surface area contributed by atoms with Crippen molar-refractivity contribution < 1.29 is 19.4 Å². The number of aromatic nitrogens is 3. The number of rotatable bonds is 10. The lowest BCUT2D eigenvalue weighted by atomic mass is 9.93. The van der Waals surface area contributed by atoms with Gasteiger partial charge in [0.2, 0.25) is 5.88 Å². The third-order valence-corrected chi connectivity index (χ3v) is 7.96. The maximum absolute atomic E-state index is 11.5. The highest BCUT2D eigenvalue weighted by molar-refractivity contribution is 5.92. The second-order valence-electron chi connectivity index (χ2n) is 10.6. The second-order valence-corrected chi connectivity index (χ2v) is 10.6. The van der Waals surface area contributed by atoms with Gasteiger partial charge < -0.3 is 19.1 Å². The SMILES string of the molecule is COCCn1c(CN2CCC(c3cccc(OCc4cccc5ccccc45)n3)CC2)nc2ccc(C(=O)O)cc21. The number of nitrogens with zero attached hydrogens (tertiary/aromatic N) is 4. The minimum absolute atomic E-state index is 0.263. The predicted octanol–water partition coefficient (Wildman–Crippen LogP) is 5.89. The molecule has 2 aromatic heterocycles. The van der Waals surface area contributed by atoms with Crippen LogP contribution >= 0.6 is 0 Å². The van der Waals surface area contributed by atoms with E-state index in [4.69, 9.17) is 19.4 Å². The van der Waals surface area contributed by atoms with Crippen LogP contribution in [0.15, 0.2) is 78.9 Å². The number of aromatic carboxylic acids is 1. The van der Waals surface area contributed by atoms with Gasteiger partial charge in [-0.05, 0) is 66.5 Å². The van der Waals surface area contributed by atoms with E-state index in [9.17, 15) is 9.90 Å². The molecule has 1 fully saturated rings. The number of carboxylic acids is 1. The van der Waals surface area contributed by atoms with E-state index in [2.05, 4.69) is 58.0 Å². The summed E-state index contributed by atoms with van der Waals surface area (Å²) in [6.45, 7) is 4.20. The Balaban J connectivity index is 1.10. The average Bonchev–Trinajstić information content (AvgIpc) is 3.35. The Labute approximate surface area is 239 Å². The molecule has 0 atom stereocenters. The summed E-state index contributed by atoms with van der Waals surface area (Å²) >= 11 is 0. The van der Waals surface area contributed by atoms with Crippen LogP contribution in [0, 0.1) is 0 Å². The van der Waals surface area contributed by atoms with Gasteiger partial charge in [-0.15, -0.1) is 0 Å². The van der Waals surface area contributed by atoms with Crippen molar-refractivity contribution in [2.24, 2.45) is 0 Å². The number of fused-ring (bicyclic) bond motifs is 2. The van der Waals surface area contributed by atoms with Crippen molar-refractivity contribution in [1.82, 2.24) is 19.4 Å². The number of piperidine rings is 1. The molecular formula is C33H34N4O4. The molecule has 0 saturated carbocycles. The fraction of sp³-hybridized carbons (Fsp3) is 0.303. The van der Waals surface area contributed by atoms with Crippen molar-refractivity contribution in [2.75, 3.05) is 26.8 Å². The van der Waals surface area contributed by atoms with Crippen molar-refractivity contribution >= 4 is 27.8 Å². The maximum atomic E-state index is 11.5. The zero-order chi connectivity index (χ0) is 28.2. The molecule has 3 heterocycles. The Bertz CT molecular complexity index is 1670. The minimum atomic E-state index is -0.938. The Morgan fingerprint density at radius 1 is 0.976 bits per heavy atom. The van der Waals surface area contributed by atoms with Crippen LogP contribution in [0.2, 0.25) is 0 Å². The lowest BCUT2D eigenvalue weighted by molar-refractivity contribution is 0.0697. The fourth-order valence-electron chi connectivity index (χ4n) is 5.75. The molecule has 8 nitrogen and oxygen atoms in total. The van der Waals surface area contributed by atoms with E-state index in [-0.39, 0.29) is 5.56 Å². The number of hydrogen-bond donors (Lipinski definition) is 1. The molecule has 1 saturated heterocycles. The molecule has 3 aromatic carbocycles. The number of benzene rings is 3. The highest BCUT2D eigenvalue weighted by Crippen LogP contribution is 2.29. The summed E-state index contributed by atoms with van der Waals surface area (Å²) in [4.78, 5) is 23.7. The van der Waals surface area contributed by atoms with Gasteiger partial charge in [-0.3, -0.25) is 4.90 Å². The molecule has 41 heavy (non-hydrogen) atoms. The number of carbonyl (C=O) groups is 1. The molecule has 6 rings (SSSR count). The zero-order valence-corrected chi connectivity index (χ0v) is 23.2. The van der Waals surface area contributed by atoms with Gasteiger partial charge >= 0.3 is 5.97 Å². The summed E-state index contributed by atoms with van der Waals surface area (Å²) in [5.41, 5.74) is 4.13. The standard InChI is InChI=1S/C33H34N4O4/c1-40-19-18-37-30-20-25(33(38)39)12-13-29(30)34-31(37)21-36-16-14-24(15-17-36)28-10-5-11-32(35-28)41-22-26-8-4-7-23-6-2-3-9-27(23)26/h2-13,20,24H,14-19,21-22H2,1H3,(H,38,39). The molecule has 210 valence electrons. The third kappa shape index (κ3) is 5.94. The Morgan fingerprint density at radius 3 is 2.61 bits per heavy atom. The Hall–Kier alpha value is -4.27. The highest BCUT2D eigenvalue weighted by Gasteiger charge is 2.24. The van der Waals surface area contributed by atoms with Crippen molar-refractivity contribution in [3.8, 4) is 5.88 Å². The van der Waals surface area contributed by atoms with Crippen LogP contribution in [0.25, 0.3) is 21.8 Å². The first-order valence-corrected chi connectivity index (χ1v) is 14.1. The van der Waals surface area contributed by atoms with Crippen LogP contribution < -0.4 is 4.74 Å². The van der Waals surface area contributed by atoms with E-state index in [1.54, 1.807) is 25.3 Å². The maximum Gasteiger partial charge on any atom is 0.335 e. The Morgan fingerprint density at radius 2 is 1.78 bits per heavy atom. The number of ether oxygens (including phenoxy) is 2. The lowest BCUT2D eigenvalue weighted by Gasteiger charge is -2.31. The van der Waals surface area contributed by atoms with Gasteiger partial charge in [0.25, 0.3) is 0 Å². The van der Waals surface area contributed by atoms with Crippen LogP contribution in [-0.2, 0) is 24.4 Å². The quantitative estimate of drug-likeness (QED) is 0.232. The van der Waals surface area contributed by atoms with Crippen molar-refractivity contribution in [3.05, 3.63) is 102 Å². The molecule has 8 heteroatoms. The summed E-state index contributed by atoms with van der Waals surface area (Å²) in [5.74, 6) is 1.02. The first-order chi connectivity index (χ1) is 20.1. The molecule has 0 bridgehead atoms. The third-order valence-electron chi connectivity index (χ3n) is 7.96. The van der Waals surface area contributed by atoms with Crippen LogP contribution in [0.3, 0.4) is 0 Å². The van der Waals surface area contributed by atoms with Gasteiger partial charge in [-0.2, -0.15) is 0 Å². The molecule has 1 N–H and O–H groups in total. The van der Waals surface area contributed by atoms with Gasteiger partial charge in [-0.1, -0.05) is 48.5 Å². The molecule has 1 aliphatic rings. The molecule has 0 aliphatic carbocycles. The summed E-state index contributed by atoms with van der Waals surface area (Å²) in [5, 5.41) is 11.9. The average molecular weight is 551 g/mol. The largest absolute Gasteiger partial charge is 0.478 e. The number of hydrogen-bond acceptors (Lipinski definition) is 6. The van der Waals surface area contributed by atoms with Crippen molar-refractivity contribution in [2.45, 2.75) is 38.5 Å². The fourth-order valence-corrected chi connectivity index (χ4v) is 5.75. The number of imidazole rings is 1. The van der Waals surface area contributed by atoms with Gasteiger partial charge in [0.1, 0.15) is 12.4 Å². The van der Waals surface area contributed by atoms with Gasteiger partial charge in [0, 0.05) is 31.3 Å². The van der Waals surface area contributed by atoms with Crippen LogP contribution in [0.5, 0.6) is 5.88 Å². The van der Waals surface area contributed by atoms with Gasteiger partial charge in [0.15, 0.2) is 0 Å². The van der Waals surface area contributed by atoms with Crippen molar-refractivity contribution in [1.29, 1.82) is 0 Å².